The summed E-state index contributed by atoms with van der Waals surface area (Å²) in [6.45, 7) is 7.79. The molecule has 2 aliphatic rings. The first-order valence-corrected chi connectivity index (χ1v) is 4.46. The van der Waals surface area contributed by atoms with Crippen LogP contribution < -0.4 is 0 Å². The maximum Gasteiger partial charge on any atom is 0.0208 e. The molecule has 10 heavy (non-hydrogen) atoms. The predicted molar refractivity (Wildman–Crippen MR) is 49.2 cm³/mol. The molecule has 0 saturated heterocycles. The number of allylic oxidation sites excluding steroid dienone is 4. The van der Waals surface area contributed by atoms with Crippen LogP contribution in [0.4, 0.5) is 0 Å². The molecule has 1 aliphatic heterocycles. The van der Waals surface area contributed by atoms with Crippen LogP contribution in [0.15, 0.2) is 46.3 Å². The van der Waals surface area contributed by atoms with E-state index in [9.17, 15) is 0 Å². The van der Waals surface area contributed by atoms with Gasteiger partial charge in [-0.25, -0.2) is 0 Å². The number of rotatable bonds is 0. The van der Waals surface area contributed by atoms with Gasteiger partial charge in [0.25, 0.3) is 0 Å². The fraction of sp³-hybridized carbons (Fsp3) is 0. The van der Waals surface area contributed by atoms with Crippen molar-refractivity contribution in [2.24, 2.45) is 0 Å². The van der Waals surface area contributed by atoms with E-state index in [1.54, 1.807) is 0 Å². The van der Waals surface area contributed by atoms with E-state index in [4.69, 9.17) is 0 Å². The van der Waals surface area contributed by atoms with Gasteiger partial charge in [0, 0.05) is 4.91 Å². The number of hydrogen-bond donors (Lipinski definition) is 0. The lowest BCUT2D eigenvalue weighted by Crippen LogP contribution is -1.71. The average Bonchev–Trinajstić information content (AvgIpc) is 2.54. The molecule has 50 valence electrons. The summed E-state index contributed by atoms with van der Waals surface area (Å²) in [4.78, 5) is 2.46. The molecule has 1 heteroatoms. The Morgan fingerprint density at radius 2 is 1.90 bits per heavy atom. The second-order valence-corrected chi connectivity index (χ2v) is 4.13. The highest BCUT2D eigenvalue weighted by Gasteiger charge is 2.29. The molecule has 0 N–H and O–H groups in total. The van der Waals surface area contributed by atoms with Gasteiger partial charge < -0.3 is 0 Å². The highest BCUT2D eigenvalue weighted by atomic mass is 32.2. The van der Waals surface area contributed by atoms with E-state index < -0.39 is 0 Å². The molecule has 0 aromatic carbocycles. The summed E-state index contributed by atoms with van der Waals surface area (Å²) >= 11 is 0. The molecule has 0 aromatic rings. The molecular formula is C9H8S. The Bertz CT molecular complexity index is 327. The SMILES string of the molecule is C=C1C2=C1S(=C)C(=C)C=C2. The van der Waals surface area contributed by atoms with Crippen molar-refractivity contribution in [2.75, 3.05) is 0 Å². The molecule has 1 atom stereocenters. The van der Waals surface area contributed by atoms with Crippen LogP contribution >= 0.6 is 10.5 Å². The minimum atomic E-state index is 0.0131. The van der Waals surface area contributed by atoms with E-state index in [1.807, 2.05) is 6.08 Å². The summed E-state index contributed by atoms with van der Waals surface area (Å²) < 4.78 is 0. The van der Waals surface area contributed by atoms with Crippen LogP contribution in [-0.4, -0.2) is 5.87 Å². The molecule has 0 bridgehead atoms. The van der Waals surface area contributed by atoms with Gasteiger partial charge >= 0.3 is 0 Å². The maximum atomic E-state index is 4.01. The standard InChI is InChI=1S/C9H8S/c1-6-4-5-8-7(2)9(8)10(6)3/h4-5H,1-3H2. The van der Waals surface area contributed by atoms with Gasteiger partial charge in [-0.2, -0.15) is 0 Å². The third-order valence-electron chi connectivity index (χ3n) is 1.78. The fourth-order valence-electron chi connectivity index (χ4n) is 1.07. The van der Waals surface area contributed by atoms with Crippen LogP contribution in [0.5, 0.6) is 0 Å². The minimum absolute atomic E-state index is 0.0131. The van der Waals surface area contributed by atoms with Gasteiger partial charge in [0.15, 0.2) is 0 Å². The van der Waals surface area contributed by atoms with Crippen LogP contribution in [0, 0.1) is 0 Å². The number of hydrogen-bond acceptors (Lipinski definition) is 0. The third-order valence-corrected chi connectivity index (χ3v) is 3.51. The molecule has 1 heterocycles. The van der Waals surface area contributed by atoms with E-state index >= 15 is 0 Å². The smallest absolute Gasteiger partial charge is 0.0208 e. The topological polar surface area (TPSA) is 0 Å². The zero-order valence-corrected chi connectivity index (χ0v) is 6.50. The molecule has 0 amide bonds. The second-order valence-electron chi connectivity index (χ2n) is 2.41. The Morgan fingerprint density at radius 1 is 1.20 bits per heavy atom. The van der Waals surface area contributed by atoms with Crippen molar-refractivity contribution < 1.29 is 0 Å². The van der Waals surface area contributed by atoms with E-state index in [1.165, 1.54) is 16.1 Å². The molecule has 1 unspecified atom stereocenters. The zero-order valence-electron chi connectivity index (χ0n) is 5.68. The summed E-state index contributed by atoms with van der Waals surface area (Å²) in [5, 5.41) is 0. The van der Waals surface area contributed by atoms with Gasteiger partial charge in [0.1, 0.15) is 0 Å². The Balaban J connectivity index is 2.51. The van der Waals surface area contributed by atoms with Crippen LogP contribution in [-0.2, 0) is 0 Å². The van der Waals surface area contributed by atoms with E-state index in [-0.39, 0.29) is 10.5 Å². The summed E-state index contributed by atoms with van der Waals surface area (Å²) in [7, 11) is 0.0131. The van der Waals surface area contributed by atoms with Crippen LogP contribution in [0.2, 0.25) is 0 Å². The Morgan fingerprint density at radius 3 is 2.50 bits per heavy atom. The monoisotopic (exact) mass is 148 g/mol. The maximum absolute atomic E-state index is 4.01. The first-order valence-electron chi connectivity index (χ1n) is 3.06. The van der Waals surface area contributed by atoms with Crippen molar-refractivity contribution in [3.05, 3.63) is 46.3 Å². The molecule has 0 radical (unpaired) electrons. The van der Waals surface area contributed by atoms with Gasteiger partial charge in [-0.05, 0) is 22.1 Å². The van der Waals surface area contributed by atoms with Crippen molar-refractivity contribution in [2.45, 2.75) is 0 Å². The van der Waals surface area contributed by atoms with Crippen molar-refractivity contribution in [1.82, 2.24) is 0 Å². The van der Waals surface area contributed by atoms with Gasteiger partial charge in [-0.1, -0.05) is 25.1 Å². The lowest BCUT2D eigenvalue weighted by atomic mass is 10.4. The van der Waals surface area contributed by atoms with Crippen LogP contribution in [0.25, 0.3) is 0 Å². The first kappa shape index (κ1) is 5.93. The lowest BCUT2D eigenvalue weighted by molar-refractivity contribution is 1.84. The van der Waals surface area contributed by atoms with Crippen molar-refractivity contribution >= 4 is 16.4 Å². The van der Waals surface area contributed by atoms with Gasteiger partial charge in [-0.3, -0.25) is 0 Å². The van der Waals surface area contributed by atoms with Crippen LogP contribution in [0.3, 0.4) is 0 Å². The summed E-state index contributed by atoms with van der Waals surface area (Å²) in [5.74, 6) is 4.01. The van der Waals surface area contributed by atoms with E-state index in [0.29, 0.717) is 0 Å². The highest BCUT2D eigenvalue weighted by Crippen LogP contribution is 2.55. The summed E-state index contributed by atoms with van der Waals surface area (Å²) in [5.41, 5.74) is 2.50. The molecule has 2 rings (SSSR count). The molecule has 0 fully saturated rings. The molecule has 0 aromatic heterocycles. The van der Waals surface area contributed by atoms with Gasteiger partial charge in [0.05, 0.1) is 0 Å². The van der Waals surface area contributed by atoms with Crippen molar-refractivity contribution in [3.63, 3.8) is 0 Å². The van der Waals surface area contributed by atoms with Crippen LogP contribution in [0.1, 0.15) is 0 Å². The molecule has 0 spiro atoms. The molecule has 1 aliphatic carbocycles. The van der Waals surface area contributed by atoms with Gasteiger partial charge in [0.2, 0.25) is 0 Å². The first-order chi connectivity index (χ1) is 4.72. The second kappa shape index (κ2) is 1.61. The zero-order chi connectivity index (χ0) is 7.30. The normalized spacial score (nSPS) is 29.0. The Labute approximate surface area is 63.2 Å². The van der Waals surface area contributed by atoms with E-state index in [2.05, 4.69) is 25.1 Å². The predicted octanol–water partition coefficient (Wildman–Crippen LogP) is 2.59. The molecular weight excluding hydrogens is 140 g/mol. The van der Waals surface area contributed by atoms with Crippen molar-refractivity contribution in [3.8, 4) is 0 Å². The quantitative estimate of drug-likeness (QED) is 0.463. The fourth-order valence-corrected chi connectivity index (χ4v) is 2.38. The average molecular weight is 148 g/mol. The third kappa shape index (κ3) is 0.557. The van der Waals surface area contributed by atoms with Gasteiger partial charge in [-0.15, -0.1) is 10.5 Å². The van der Waals surface area contributed by atoms with Crippen molar-refractivity contribution in [1.29, 1.82) is 0 Å². The Kier molecular flexibility index (Phi) is 0.955. The van der Waals surface area contributed by atoms with E-state index in [0.717, 1.165) is 4.91 Å². The summed E-state index contributed by atoms with van der Waals surface area (Å²) in [6.07, 6.45) is 4.11. The minimum Gasteiger partial charge on any atom is -0.130 e. The molecule has 0 nitrogen and oxygen atoms in total. The summed E-state index contributed by atoms with van der Waals surface area (Å²) in [6, 6.07) is 0. The molecule has 0 saturated carbocycles. The highest BCUT2D eigenvalue weighted by molar-refractivity contribution is 8.21. The Hall–Kier alpha value is -0.820. The largest absolute Gasteiger partial charge is 0.130 e. The lowest BCUT2D eigenvalue weighted by Gasteiger charge is -2.01.